The van der Waals surface area contributed by atoms with Crippen molar-refractivity contribution in [1.29, 1.82) is 0 Å². The van der Waals surface area contributed by atoms with Crippen LogP contribution in [0.4, 0.5) is 23.7 Å². The minimum absolute atomic E-state index is 0.101. The quantitative estimate of drug-likeness (QED) is 0.899. The number of aryl methyl sites for hydroxylation is 1. The molecule has 1 atom stereocenters. The fourth-order valence-corrected chi connectivity index (χ4v) is 2.77. The standard InChI is InChI=1S/C16H22F3N3O3/c1-10-12(5-6-13(20-10)16(17,18)19)21-14(23)22-7-11(8-24-4)25-15(2,3)9-22/h5-6,11H,7-9H2,1-4H3,(H,21,23). The summed E-state index contributed by atoms with van der Waals surface area (Å²) in [7, 11) is 1.55. The molecule has 0 spiro atoms. The first-order chi connectivity index (χ1) is 11.5. The van der Waals surface area contributed by atoms with E-state index < -0.39 is 23.5 Å². The van der Waals surface area contributed by atoms with Gasteiger partial charge in [0.2, 0.25) is 0 Å². The molecule has 1 aliphatic rings. The number of halogens is 3. The number of hydrogen-bond acceptors (Lipinski definition) is 4. The van der Waals surface area contributed by atoms with Gasteiger partial charge in [0, 0.05) is 7.11 Å². The molecule has 0 aliphatic carbocycles. The van der Waals surface area contributed by atoms with E-state index in [1.165, 1.54) is 13.0 Å². The molecule has 1 aromatic rings. The average Bonchev–Trinajstić information content (AvgIpc) is 2.46. The van der Waals surface area contributed by atoms with Crippen molar-refractivity contribution < 1.29 is 27.4 Å². The van der Waals surface area contributed by atoms with Gasteiger partial charge in [-0.2, -0.15) is 13.2 Å². The van der Waals surface area contributed by atoms with Gasteiger partial charge in [0.05, 0.1) is 42.8 Å². The number of ether oxygens (including phenoxy) is 2. The molecule has 25 heavy (non-hydrogen) atoms. The van der Waals surface area contributed by atoms with E-state index in [1.54, 1.807) is 12.0 Å². The van der Waals surface area contributed by atoms with Gasteiger partial charge in [0.1, 0.15) is 5.69 Å². The van der Waals surface area contributed by atoms with Crippen LogP contribution in [0, 0.1) is 6.92 Å². The van der Waals surface area contributed by atoms with Crippen molar-refractivity contribution in [2.45, 2.75) is 38.7 Å². The topological polar surface area (TPSA) is 63.7 Å². The highest BCUT2D eigenvalue weighted by Gasteiger charge is 2.36. The Bertz CT molecular complexity index is 635. The van der Waals surface area contributed by atoms with Crippen LogP contribution in [0.5, 0.6) is 0 Å². The van der Waals surface area contributed by atoms with Crippen LogP contribution < -0.4 is 5.32 Å². The SMILES string of the molecule is COCC1CN(C(=O)Nc2ccc(C(F)(F)F)nc2C)CC(C)(C)O1. The Morgan fingerprint density at radius 1 is 1.48 bits per heavy atom. The highest BCUT2D eigenvalue weighted by Crippen LogP contribution is 2.29. The summed E-state index contributed by atoms with van der Waals surface area (Å²) in [6.45, 7) is 6.17. The zero-order valence-electron chi connectivity index (χ0n) is 14.6. The smallest absolute Gasteiger partial charge is 0.382 e. The van der Waals surface area contributed by atoms with Gasteiger partial charge >= 0.3 is 12.2 Å². The van der Waals surface area contributed by atoms with Crippen LogP contribution in [0.3, 0.4) is 0 Å². The number of alkyl halides is 3. The van der Waals surface area contributed by atoms with E-state index in [4.69, 9.17) is 9.47 Å². The van der Waals surface area contributed by atoms with Crippen molar-refractivity contribution in [2.75, 3.05) is 32.1 Å². The molecule has 0 aromatic carbocycles. The van der Waals surface area contributed by atoms with Crippen LogP contribution in [0.25, 0.3) is 0 Å². The lowest BCUT2D eigenvalue weighted by Crippen LogP contribution is -2.56. The third-order valence-corrected chi connectivity index (χ3v) is 3.74. The molecule has 6 nitrogen and oxygen atoms in total. The Labute approximate surface area is 144 Å². The molecular formula is C16H22F3N3O3. The van der Waals surface area contributed by atoms with Crippen molar-refractivity contribution in [3.8, 4) is 0 Å². The van der Waals surface area contributed by atoms with Gasteiger partial charge in [-0.1, -0.05) is 0 Å². The van der Waals surface area contributed by atoms with Crippen molar-refractivity contribution >= 4 is 11.7 Å². The van der Waals surface area contributed by atoms with Crippen molar-refractivity contribution in [1.82, 2.24) is 9.88 Å². The first-order valence-corrected chi connectivity index (χ1v) is 7.79. The van der Waals surface area contributed by atoms with E-state index in [-0.39, 0.29) is 17.5 Å². The number of nitrogens with one attached hydrogen (secondary N) is 1. The molecule has 1 fully saturated rings. The molecule has 9 heteroatoms. The lowest BCUT2D eigenvalue weighted by molar-refractivity contribution is -0.141. The second-order valence-electron chi connectivity index (χ2n) is 6.59. The molecule has 1 aliphatic heterocycles. The minimum Gasteiger partial charge on any atom is -0.382 e. The van der Waals surface area contributed by atoms with Gasteiger partial charge in [-0.3, -0.25) is 0 Å². The van der Waals surface area contributed by atoms with Gasteiger partial charge in [0.15, 0.2) is 0 Å². The number of carbonyl (C=O) groups excluding carboxylic acids is 1. The van der Waals surface area contributed by atoms with E-state index in [0.29, 0.717) is 19.7 Å². The molecule has 0 bridgehead atoms. The number of nitrogens with zero attached hydrogens (tertiary/aromatic N) is 2. The molecular weight excluding hydrogens is 339 g/mol. The van der Waals surface area contributed by atoms with Crippen molar-refractivity contribution in [3.05, 3.63) is 23.5 Å². The lowest BCUT2D eigenvalue weighted by Gasteiger charge is -2.42. The number of rotatable bonds is 3. The van der Waals surface area contributed by atoms with Crippen LogP contribution in [0.2, 0.25) is 0 Å². The summed E-state index contributed by atoms with van der Waals surface area (Å²) in [5, 5.41) is 2.62. The average molecular weight is 361 g/mol. The monoisotopic (exact) mass is 361 g/mol. The van der Waals surface area contributed by atoms with E-state index in [2.05, 4.69) is 10.3 Å². The second-order valence-corrected chi connectivity index (χ2v) is 6.59. The molecule has 2 amide bonds. The lowest BCUT2D eigenvalue weighted by atomic mass is 10.1. The maximum absolute atomic E-state index is 12.7. The number of carbonyl (C=O) groups is 1. The van der Waals surface area contributed by atoms with E-state index >= 15 is 0 Å². The van der Waals surface area contributed by atoms with Gasteiger partial charge < -0.3 is 19.7 Å². The fourth-order valence-electron chi connectivity index (χ4n) is 2.77. The number of amides is 2. The number of anilines is 1. The Morgan fingerprint density at radius 2 is 2.16 bits per heavy atom. The van der Waals surface area contributed by atoms with Gasteiger partial charge in [0.25, 0.3) is 0 Å². The largest absolute Gasteiger partial charge is 0.433 e. The van der Waals surface area contributed by atoms with Crippen LogP contribution in [0.15, 0.2) is 12.1 Å². The summed E-state index contributed by atoms with van der Waals surface area (Å²) in [6, 6.07) is 1.64. The Kier molecular flexibility index (Phi) is 5.58. The number of morpholine rings is 1. The summed E-state index contributed by atoms with van der Waals surface area (Å²) >= 11 is 0. The Hall–Kier alpha value is -1.87. The molecule has 2 rings (SSSR count). The third-order valence-electron chi connectivity index (χ3n) is 3.74. The highest BCUT2D eigenvalue weighted by molar-refractivity contribution is 5.90. The predicted octanol–water partition coefficient (Wildman–Crippen LogP) is 3.07. The predicted molar refractivity (Wildman–Crippen MR) is 85.4 cm³/mol. The first-order valence-electron chi connectivity index (χ1n) is 7.79. The van der Waals surface area contributed by atoms with E-state index in [0.717, 1.165) is 6.07 Å². The number of aromatic nitrogens is 1. The summed E-state index contributed by atoms with van der Waals surface area (Å²) < 4.78 is 48.9. The fraction of sp³-hybridized carbons (Fsp3) is 0.625. The number of hydrogen-bond donors (Lipinski definition) is 1. The maximum atomic E-state index is 12.7. The second kappa shape index (κ2) is 7.17. The van der Waals surface area contributed by atoms with Crippen molar-refractivity contribution in [2.24, 2.45) is 0 Å². The van der Waals surface area contributed by atoms with Gasteiger partial charge in [-0.05, 0) is 32.9 Å². The highest BCUT2D eigenvalue weighted by atomic mass is 19.4. The molecule has 1 N–H and O–H groups in total. The van der Waals surface area contributed by atoms with Gasteiger partial charge in [-0.15, -0.1) is 0 Å². The minimum atomic E-state index is -4.52. The molecule has 2 heterocycles. The summed E-state index contributed by atoms with van der Waals surface area (Å²) in [6.07, 6.45) is -4.79. The molecule has 0 radical (unpaired) electrons. The maximum Gasteiger partial charge on any atom is 0.433 e. The number of urea groups is 1. The molecule has 1 aromatic heterocycles. The van der Waals surface area contributed by atoms with Crippen LogP contribution in [0.1, 0.15) is 25.2 Å². The van der Waals surface area contributed by atoms with Gasteiger partial charge in [-0.25, -0.2) is 9.78 Å². The summed E-state index contributed by atoms with van der Waals surface area (Å²) in [4.78, 5) is 17.6. The molecule has 1 saturated heterocycles. The molecule has 1 unspecified atom stereocenters. The number of pyridine rings is 1. The molecule has 0 saturated carbocycles. The van der Waals surface area contributed by atoms with Crippen molar-refractivity contribution in [3.63, 3.8) is 0 Å². The van der Waals surface area contributed by atoms with E-state index in [9.17, 15) is 18.0 Å². The Morgan fingerprint density at radius 3 is 2.72 bits per heavy atom. The van der Waals surface area contributed by atoms with E-state index in [1.807, 2.05) is 13.8 Å². The third kappa shape index (κ3) is 5.05. The zero-order valence-corrected chi connectivity index (χ0v) is 14.6. The number of methoxy groups -OCH3 is 1. The van der Waals surface area contributed by atoms with Crippen LogP contribution in [-0.4, -0.2) is 54.4 Å². The zero-order chi connectivity index (χ0) is 18.8. The summed E-state index contributed by atoms with van der Waals surface area (Å²) in [5.41, 5.74) is -1.20. The summed E-state index contributed by atoms with van der Waals surface area (Å²) in [5.74, 6) is 0. The first kappa shape index (κ1) is 19.5. The van der Waals surface area contributed by atoms with Crippen LogP contribution in [-0.2, 0) is 15.7 Å². The molecule has 140 valence electrons. The van der Waals surface area contributed by atoms with Crippen LogP contribution >= 0.6 is 0 Å². The Balaban J connectivity index is 2.11. The normalized spacial score (nSPS) is 20.4.